The van der Waals surface area contributed by atoms with Crippen molar-refractivity contribution in [3.8, 4) is 0 Å². The molecule has 2 saturated heterocycles. The summed E-state index contributed by atoms with van der Waals surface area (Å²) in [6.45, 7) is 4.43. The molecule has 0 aromatic carbocycles. The predicted molar refractivity (Wildman–Crippen MR) is 60.1 cm³/mol. The first kappa shape index (κ1) is 12.3. The number of aliphatic hydroxyl groups excluding tert-OH is 3. The number of hydrogen-bond donors (Lipinski definition) is 4. The molecule has 0 spiro atoms. The van der Waals surface area contributed by atoms with Crippen LogP contribution in [0.3, 0.4) is 0 Å². The van der Waals surface area contributed by atoms with Crippen molar-refractivity contribution in [2.75, 3.05) is 19.6 Å². The lowest BCUT2D eigenvalue weighted by Gasteiger charge is -2.43. The lowest BCUT2D eigenvalue weighted by molar-refractivity contribution is -0.101. The molecule has 0 aliphatic carbocycles. The minimum Gasteiger partial charge on any atom is -0.391 e. The van der Waals surface area contributed by atoms with Crippen molar-refractivity contribution in [1.29, 1.82) is 0 Å². The zero-order valence-corrected chi connectivity index (χ0v) is 9.71. The van der Waals surface area contributed by atoms with E-state index < -0.39 is 18.3 Å². The van der Waals surface area contributed by atoms with E-state index in [9.17, 15) is 15.3 Å². The quantitative estimate of drug-likeness (QED) is 0.476. The number of piperidine rings is 1. The van der Waals surface area contributed by atoms with Crippen molar-refractivity contribution in [3.05, 3.63) is 0 Å². The zero-order valence-electron chi connectivity index (χ0n) is 9.71. The topological polar surface area (TPSA) is 76.0 Å². The summed E-state index contributed by atoms with van der Waals surface area (Å²) in [7, 11) is 0. The molecule has 2 rings (SSSR count). The van der Waals surface area contributed by atoms with Gasteiger partial charge in [-0.15, -0.1) is 0 Å². The van der Waals surface area contributed by atoms with Crippen molar-refractivity contribution < 1.29 is 15.3 Å². The Labute approximate surface area is 96.1 Å². The molecule has 94 valence electrons. The number of fused-ring (bicyclic) bond motifs is 1. The molecule has 0 radical (unpaired) electrons. The Hall–Kier alpha value is -0.200. The van der Waals surface area contributed by atoms with Gasteiger partial charge in [-0.25, -0.2) is 0 Å². The molecule has 4 N–H and O–H groups in total. The van der Waals surface area contributed by atoms with Crippen LogP contribution in [-0.4, -0.2) is 70.2 Å². The molecular weight excluding hydrogens is 208 g/mol. The molecule has 0 aromatic heterocycles. The van der Waals surface area contributed by atoms with Gasteiger partial charge in [0.1, 0.15) is 0 Å². The van der Waals surface area contributed by atoms with Crippen LogP contribution in [0.25, 0.3) is 0 Å². The van der Waals surface area contributed by atoms with E-state index in [2.05, 4.69) is 17.1 Å². The average Bonchev–Trinajstić information content (AvgIpc) is 2.63. The smallest absolute Gasteiger partial charge is 0.0994 e. The summed E-state index contributed by atoms with van der Waals surface area (Å²) in [5.74, 6) is 0. The van der Waals surface area contributed by atoms with Gasteiger partial charge < -0.3 is 20.6 Å². The summed E-state index contributed by atoms with van der Waals surface area (Å²) in [4.78, 5) is 2.08. The summed E-state index contributed by atoms with van der Waals surface area (Å²) in [5.41, 5.74) is 0. The van der Waals surface area contributed by atoms with Gasteiger partial charge in [0.05, 0.1) is 24.4 Å². The van der Waals surface area contributed by atoms with Crippen LogP contribution in [0.1, 0.15) is 19.8 Å². The SMILES string of the molecule is CCCN[C@H]1CN2CC[C@H](O)C2[C@@H](O)[C@@H]1O. The van der Waals surface area contributed by atoms with E-state index >= 15 is 0 Å². The maximum Gasteiger partial charge on any atom is 0.0994 e. The lowest BCUT2D eigenvalue weighted by atomic mass is 9.91. The molecule has 2 heterocycles. The monoisotopic (exact) mass is 230 g/mol. The molecule has 5 atom stereocenters. The highest BCUT2D eigenvalue weighted by atomic mass is 16.3. The van der Waals surface area contributed by atoms with Crippen LogP contribution in [0.4, 0.5) is 0 Å². The molecule has 0 saturated carbocycles. The van der Waals surface area contributed by atoms with E-state index in [4.69, 9.17) is 0 Å². The molecule has 5 nitrogen and oxygen atoms in total. The second-order valence-corrected chi connectivity index (χ2v) is 4.88. The van der Waals surface area contributed by atoms with Crippen molar-refractivity contribution in [2.24, 2.45) is 0 Å². The van der Waals surface area contributed by atoms with Crippen LogP contribution >= 0.6 is 0 Å². The van der Waals surface area contributed by atoms with Gasteiger partial charge >= 0.3 is 0 Å². The maximum absolute atomic E-state index is 10.00. The van der Waals surface area contributed by atoms with Gasteiger partial charge in [0, 0.05) is 19.1 Å². The number of rotatable bonds is 3. The van der Waals surface area contributed by atoms with E-state index in [0.717, 1.165) is 19.5 Å². The summed E-state index contributed by atoms with van der Waals surface area (Å²) in [6, 6.07) is -0.369. The summed E-state index contributed by atoms with van der Waals surface area (Å²) in [6.07, 6.45) is -0.432. The van der Waals surface area contributed by atoms with Crippen LogP contribution in [-0.2, 0) is 0 Å². The molecule has 0 bridgehead atoms. The van der Waals surface area contributed by atoms with Gasteiger partial charge in [0.2, 0.25) is 0 Å². The number of hydrogen-bond acceptors (Lipinski definition) is 5. The molecule has 16 heavy (non-hydrogen) atoms. The van der Waals surface area contributed by atoms with Crippen molar-refractivity contribution in [2.45, 2.75) is 50.2 Å². The highest BCUT2D eigenvalue weighted by Gasteiger charge is 2.47. The Bertz CT molecular complexity index is 239. The first-order chi connectivity index (χ1) is 7.65. The summed E-state index contributed by atoms with van der Waals surface area (Å²) >= 11 is 0. The Balaban J connectivity index is 2.00. The Morgan fingerprint density at radius 2 is 2.00 bits per heavy atom. The van der Waals surface area contributed by atoms with Gasteiger partial charge in [-0.3, -0.25) is 4.90 Å². The minimum absolute atomic E-state index is 0.0866. The predicted octanol–water partition coefficient (Wildman–Crippen LogP) is -1.47. The molecule has 0 aromatic rings. The van der Waals surface area contributed by atoms with E-state index in [1.165, 1.54) is 0 Å². The number of nitrogens with zero attached hydrogens (tertiary/aromatic N) is 1. The molecule has 5 heteroatoms. The Morgan fingerprint density at radius 3 is 2.69 bits per heavy atom. The highest BCUT2D eigenvalue weighted by molar-refractivity contribution is 5.03. The lowest BCUT2D eigenvalue weighted by Crippen LogP contribution is -2.65. The van der Waals surface area contributed by atoms with Gasteiger partial charge in [0.25, 0.3) is 0 Å². The molecule has 0 amide bonds. The van der Waals surface area contributed by atoms with Gasteiger partial charge in [-0.05, 0) is 19.4 Å². The average molecular weight is 230 g/mol. The maximum atomic E-state index is 10.00. The molecule has 2 aliphatic rings. The number of aliphatic hydroxyl groups is 3. The van der Waals surface area contributed by atoms with Gasteiger partial charge in [-0.1, -0.05) is 6.92 Å². The van der Waals surface area contributed by atoms with Gasteiger partial charge in [-0.2, -0.15) is 0 Å². The van der Waals surface area contributed by atoms with Gasteiger partial charge in [0.15, 0.2) is 0 Å². The van der Waals surface area contributed by atoms with E-state index in [0.29, 0.717) is 13.0 Å². The first-order valence-electron chi connectivity index (χ1n) is 6.16. The standard InChI is InChI=1S/C11H22N2O3/c1-2-4-12-7-6-13-5-3-8(14)9(13)11(16)10(7)15/h7-12,14-16H,2-6H2,1H3/t7-,8-,9?,10+,11+/m0/s1. The third kappa shape index (κ3) is 2.10. The fourth-order valence-corrected chi connectivity index (χ4v) is 2.83. The summed E-state index contributed by atoms with van der Waals surface area (Å²) < 4.78 is 0. The summed E-state index contributed by atoms with van der Waals surface area (Å²) in [5, 5.41) is 33.0. The molecule has 2 fully saturated rings. The van der Waals surface area contributed by atoms with E-state index in [1.54, 1.807) is 0 Å². The van der Waals surface area contributed by atoms with Crippen LogP contribution in [0.15, 0.2) is 0 Å². The highest BCUT2D eigenvalue weighted by Crippen LogP contribution is 2.28. The number of nitrogens with one attached hydrogen (secondary N) is 1. The largest absolute Gasteiger partial charge is 0.391 e. The van der Waals surface area contributed by atoms with Crippen molar-refractivity contribution in [1.82, 2.24) is 10.2 Å². The Morgan fingerprint density at radius 1 is 1.25 bits per heavy atom. The van der Waals surface area contributed by atoms with Crippen LogP contribution < -0.4 is 5.32 Å². The van der Waals surface area contributed by atoms with Crippen molar-refractivity contribution in [3.63, 3.8) is 0 Å². The molecular formula is C11H22N2O3. The second-order valence-electron chi connectivity index (χ2n) is 4.88. The zero-order chi connectivity index (χ0) is 11.7. The third-order valence-electron chi connectivity index (χ3n) is 3.73. The van der Waals surface area contributed by atoms with Crippen LogP contribution in [0, 0.1) is 0 Å². The fourth-order valence-electron chi connectivity index (χ4n) is 2.83. The second kappa shape index (κ2) is 4.98. The van der Waals surface area contributed by atoms with E-state index in [1.807, 2.05) is 0 Å². The van der Waals surface area contributed by atoms with E-state index in [-0.39, 0.29) is 12.1 Å². The normalized spacial score (nSPS) is 44.6. The van der Waals surface area contributed by atoms with Crippen molar-refractivity contribution >= 4 is 0 Å². The molecule has 2 aliphatic heterocycles. The first-order valence-corrected chi connectivity index (χ1v) is 6.16. The minimum atomic E-state index is -0.847. The third-order valence-corrected chi connectivity index (χ3v) is 3.73. The van der Waals surface area contributed by atoms with Crippen LogP contribution in [0.5, 0.6) is 0 Å². The Kier molecular flexibility index (Phi) is 3.81. The van der Waals surface area contributed by atoms with Crippen LogP contribution in [0.2, 0.25) is 0 Å². The molecule has 1 unspecified atom stereocenters. The fraction of sp³-hybridized carbons (Fsp3) is 1.00.